The third kappa shape index (κ3) is 1.90. The molecule has 1 aliphatic heterocycles. The molecule has 4 atom stereocenters. The molecule has 0 radical (unpaired) electrons. The van der Waals surface area contributed by atoms with Crippen LogP contribution in [0.1, 0.15) is 6.23 Å². The monoisotopic (exact) mass is 345 g/mol. The van der Waals surface area contributed by atoms with Crippen LogP contribution in [-0.2, 0) is 4.74 Å². The molecule has 8 nitrogen and oxygen atoms in total. The van der Waals surface area contributed by atoms with E-state index in [-0.39, 0.29) is 5.56 Å². The number of hydrogen-bond donors (Lipinski definition) is 4. The predicted octanol–water partition coefficient (Wildman–Crippen LogP) is -0.901. The van der Waals surface area contributed by atoms with Crippen molar-refractivity contribution in [2.24, 2.45) is 0 Å². The van der Waals surface area contributed by atoms with Crippen LogP contribution in [-0.4, -0.2) is 54.8 Å². The van der Waals surface area contributed by atoms with Gasteiger partial charge in [0.05, 0.1) is 22.8 Å². The fourth-order valence-corrected chi connectivity index (χ4v) is 2.93. The van der Waals surface area contributed by atoms with E-state index in [2.05, 4.69) is 25.9 Å². The average Bonchev–Trinajstić information content (AvgIpc) is 2.90. The molecule has 3 heterocycles. The van der Waals surface area contributed by atoms with Crippen molar-refractivity contribution in [3.8, 4) is 0 Å². The summed E-state index contributed by atoms with van der Waals surface area (Å²) in [6, 6.07) is 0. The van der Waals surface area contributed by atoms with E-state index in [1.54, 1.807) is 6.20 Å². The summed E-state index contributed by atoms with van der Waals surface area (Å²) >= 11 is 3.25. The van der Waals surface area contributed by atoms with Crippen LogP contribution in [0.2, 0.25) is 0 Å². The molecule has 108 valence electrons. The average molecular weight is 346 g/mol. The predicted molar refractivity (Wildman–Crippen MR) is 71.1 cm³/mol. The highest BCUT2D eigenvalue weighted by molar-refractivity contribution is 9.10. The maximum atomic E-state index is 11.8. The second kappa shape index (κ2) is 4.93. The van der Waals surface area contributed by atoms with Crippen molar-refractivity contribution < 1.29 is 20.1 Å². The number of hydrogen-bond acceptors (Lipinski definition) is 6. The maximum absolute atomic E-state index is 11.8. The van der Waals surface area contributed by atoms with E-state index in [4.69, 9.17) is 9.84 Å². The summed E-state index contributed by atoms with van der Waals surface area (Å²) in [5.74, 6) is 0. The molecule has 9 heteroatoms. The van der Waals surface area contributed by atoms with Crippen molar-refractivity contribution in [3.05, 3.63) is 27.4 Å². The van der Waals surface area contributed by atoms with Gasteiger partial charge in [0, 0.05) is 6.20 Å². The minimum absolute atomic E-state index is 0.315. The van der Waals surface area contributed by atoms with Crippen molar-refractivity contribution in [1.29, 1.82) is 0 Å². The van der Waals surface area contributed by atoms with Gasteiger partial charge in [-0.1, -0.05) is 0 Å². The normalized spacial score (nSPS) is 30.2. The zero-order valence-electron chi connectivity index (χ0n) is 10.1. The van der Waals surface area contributed by atoms with Crippen LogP contribution >= 0.6 is 15.9 Å². The maximum Gasteiger partial charge on any atom is 0.261 e. The molecule has 0 bridgehead atoms. The zero-order valence-corrected chi connectivity index (χ0v) is 11.7. The van der Waals surface area contributed by atoms with Gasteiger partial charge < -0.3 is 29.6 Å². The number of fused-ring (bicyclic) bond motifs is 1. The van der Waals surface area contributed by atoms with Crippen LogP contribution in [0.15, 0.2) is 21.8 Å². The largest absolute Gasteiger partial charge is 0.394 e. The van der Waals surface area contributed by atoms with E-state index in [9.17, 15) is 15.0 Å². The van der Waals surface area contributed by atoms with Gasteiger partial charge in [-0.15, -0.1) is 0 Å². The van der Waals surface area contributed by atoms with Crippen LogP contribution in [0.3, 0.4) is 0 Å². The number of aromatic nitrogens is 3. The molecule has 4 N–H and O–H groups in total. The van der Waals surface area contributed by atoms with Crippen molar-refractivity contribution in [3.63, 3.8) is 0 Å². The Hall–Kier alpha value is -1.26. The molecule has 0 aromatic carbocycles. The fourth-order valence-electron chi connectivity index (χ4n) is 2.35. The first kappa shape index (κ1) is 13.7. The molecule has 1 fully saturated rings. The molecule has 0 aliphatic carbocycles. The Morgan fingerprint density at radius 3 is 2.85 bits per heavy atom. The van der Waals surface area contributed by atoms with E-state index in [1.807, 2.05) is 0 Å². The molecular weight excluding hydrogens is 334 g/mol. The van der Waals surface area contributed by atoms with E-state index >= 15 is 0 Å². The highest BCUT2D eigenvalue weighted by Gasteiger charge is 2.44. The summed E-state index contributed by atoms with van der Waals surface area (Å²) in [7, 11) is 0. The Bertz CT molecular complexity index is 699. The van der Waals surface area contributed by atoms with Gasteiger partial charge in [0.15, 0.2) is 11.9 Å². The summed E-state index contributed by atoms with van der Waals surface area (Å²) in [5, 5.41) is 29.2. The van der Waals surface area contributed by atoms with Crippen molar-refractivity contribution >= 4 is 27.0 Å². The second-order valence-electron chi connectivity index (χ2n) is 4.54. The Balaban J connectivity index is 2.12. The number of aromatic amines is 1. The van der Waals surface area contributed by atoms with E-state index in [1.165, 1.54) is 10.9 Å². The number of nitrogens with one attached hydrogen (secondary N) is 1. The highest BCUT2D eigenvalue weighted by Crippen LogP contribution is 2.33. The summed E-state index contributed by atoms with van der Waals surface area (Å²) in [6.07, 6.45) is -1.44. The smallest absolute Gasteiger partial charge is 0.261 e. The lowest BCUT2D eigenvalue weighted by molar-refractivity contribution is -0.0509. The molecule has 3 rings (SSSR count). The number of nitrogens with zero attached hydrogens (tertiary/aromatic N) is 2. The summed E-state index contributed by atoms with van der Waals surface area (Å²) in [5.41, 5.74) is -0.0113. The molecular formula is C11H12BrN3O5. The van der Waals surface area contributed by atoms with Crippen LogP contribution < -0.4 is 5.56 Å². The quantitative estimate of drug-likeness (QED) is 0.559. The summed E-state index contributed by atoms with van der Waals surface area (Å²) < 4.78 is 7.38. The van der Waals surface area contributed by atoms with Crippen molar-refractivity contribution in [1.82, 2.24) is 14.5 Å². The van der Waals surface area contributed by atoms with Crippen molar-refractivity contribution in [2.45, 2.75) is 24.5 Å². The lowest BCUT2D eigenvalue weighted by atomic mass is 10.1. The molecule has 0 saturated carbocycles. The highest BCUT2D eigenvalue weighted by atomic mass is 79.9. The third-order valence-corrected chi connectivity index (χ3v) is 3.96. The van der Waals surface area contributed by atoms with Gasteiger partial charge in [-0.2, -0.15) is 0 Å². The van der Waals surface area contributed by atoms with E-state index in [0.717, 1.165) is 0 Å². The first-order valence-electron chi connectivity index (χ1n) is 5.90. The molecule has 1 aliphatic rings. The van der Waals surface area contributed by atoms with E-state index in [0.29, 0.717) is 15.5 Å². The van der Waals surface area contributed by atoms with Gasteiger partial charge >= 0.3 is 0 Å². The van der Waals surface area contributed by atoms with Crippen molar-refractivity contribution in [2.75, 3.05) is 6.61 Å². The SMILES string of the molecule is O=c1[nH]cnc2c1c(Br)cn2[C@H]1O[C@@H](CO)[C@@H](O)[C@H]1O. The number of aliphatic hydroxyl groups is 3. The number of rotatable bonds is 2. The van der Waals surface area contributed by atoms with Gasteiger partial charge in [-0.05, 0) is 15.9 Å². The van der Waals surface area contributed by atoms with Crippen LogP contribution in [0.4, 0.5) is 0 Å². The molecule has 0 unspecified atom stereocenters. The van der Waals surface area contributed by atoms with Crippen LogP contribution in [0.25, 0.3) is 11.0 Å². The van der Waals surface area contributed by atoms with Crippen LogP contribution in [0, 0.1) is 0 Å². The molecule has 20 heavy (non-hydrogen) atoms. The minimum atomic E-state index is -1.23. The number of H-pyrrole nitrogens is 1. The van der Waals surface area contributed by atoms with Crippen LogP contribution in [0.5, 0.6) is 0 Å². The third-order valence-electron chi connectivity index (χ3n) is 3.36. The molecule has 2 aromatic rings. The van der Waals surface area contributed by atoms with Gasteiger partial charge in [0.1, 0.15) is 18.3 Å². The molecule has 0 amide bonds. The van der Waals surface area contributed by atoms with Gasteiger partial charge in [-0.25, -0.2) is 4.98 Å². The number of ether oxygens (including phenoxy) is 1. The second-order valence-corrected chi connectivity index (χ2v) is 5.40. The lowest BCUT2D eigenvalue weighted by Gasteiger charge is -2.17. The Labute approximate surface area is 120 Å². The first-order valence-corrected chi connectivity index (χ1v) is 6.70. The Morgan fingerprint density at radius 1 is 1.45 bits per heavy atom. The summed E-state index contributed by atoms with van der Waals surface area (Å²) in [6.45, 7) is -0.414. The van der Waals surface area contributed by atoms with Gasteiger partial charge in [-0.3, -0.25) is 4.79 Å². The Morgan fingerprint density at radius 2 is 2.20 bits per heavy atom. The first-order chi connectivity index (χ1) is 9.54. The van der Waals surface area contributed by atoms with Gasteiger partial charge in [0.25, 0.3) is 5.56 Å². The zero-order chi connectivity index (χ0) is 14.4. The molecule has 2 aromatic heterocycles. The lowest BCUT2D eigenvalue weighted by Crippen LogP contribution is -2.33. The molecule has 0 spiro atoms. The standard InChI is InChI=1S/C11H12BrN3O5/c12-4-1-15(9-6(4)10(19)14-3-13-9)11-8(18)7(17)5(2-16)20-11/h1,3,5,7-8,11,16-18H,2H2,(H,13,14,19)/t5-,7+,8+,11-/m0/s1. The number of halogens is 1. The summed E-state index contributed by atoms with van der Waals surface area (Å²) in [4.78, 5) is 18.3. The van der Waals surface area contributed by atoms with E-state index < -0.39 is 31.1 Å². The molecule has 1 saturated heterocycles. The topological polar surface area (TPSA) is 121 Å². The minimum Gasteiger partial charge on any atom is -0.394 e. The van der Waals surface area contributed by atoms with Gasteiger partial charge in [0.2, 0.25) is 0 Å². The Kier molecular flexibility index (Phi) is 3.38. The number of aliphatic hydroxyl groups excluding tert-OH is 3. The fraction of sp³-hybridized carbons (Fsp3) is 0.455.